The molecule has 6 heteroatoms. The Bertz CT molecular complexity index is 722. The molecule has 0 aliphatic rings. The second-order valence-corrected chi connectivity index (χ2v) is 3.99. The van der Waals surface area contributed by atoms with Gasteiger partial charge in [0.05, 0.1) is 17.5 Å². The van der Waals surface area contributed by atoms with Gasteiger partial charge in [0.1, 0.15) is 17.2 Å². The Morgan fingerprint density at radius 1 is 1.37 bits per heavy atom. The summed E-state index contributed by atoms with van der Waals surface area (Å²) < 4.78 is 32.9. The van der Waals surface area contributed by atoms with Gasteiger partial charge in [-0.25, -0.2) is 13.6 Å². The van der Waals surface area contributed by atoms with Crippen molar-refractivity contribution < 1.29 is 18.3 Å². The normalized spacial score (nSPS) is 10.7. The van der Waals surface area contributed by atoms with Crippen LogP contribution in [0.3, 0.4) is 0 Å². The molecule has 0 aliphatic heterocycles. The summed E-state index contributed by atoms with van der Waals surface area (Å²) in [5.41, 5.74) is -0.998. The molecule has 0 saturated carbocycles. The first-order valence-electron chi connectivity index (χ1n) is 5.61. The number of pyridine rings is 1. The van der Waals surface area contributed by atoms with E-state index in [0.29, 0.717) is 6.07 Å². The molecule has 1 heterocycles. The van der Waals surface area contributed by atoms with Crippen molar-refractivity contribution in [2.24, 2.45) is 7.05 Å². The first-order chi connectivity index (χ1) is 8.95. The third-order valence-electron chi connectivity index (χ3n) is 2.70. The van der Waals surface area contributed by atoms with E-state index in [1.165, 1.54) is 17.8 Å². The summed E-state index contributed by atoms with van der Waals surface area (Å²) >= 11 is 0. The molecular weight excluding hydrogens is 256 g/mol. The molecule has 19 heavy (non-hydrogen) atoms. The van der Waals surface area contributed by atoms with Crippen LogP contribution in [0.4, 0.5) is 8.78 Å². The van der Waals surface area contributed by atoms with Crippen molar-refractivity contribution in [2.75, 3.05) is 6.61 Å². The Hall–Kier alpha value is -2.24. The van der Waals surface area contributed by atoms with Gasteiger partial charge in [0.25, 0.3) is 0 Å². The maximum atomic E-state index is 13.7. The number of aryl methyl sites for hydroxylation is 1. The second kappa shape index (κ2) is 4.79. The highest BCUT2D eigenvalue weighted by atomic mass is 19.1. The first kappa shape index (κ1) is 13.2. The summed E-state index contributed by atoms with van der Waals surface area (Å²) in [6.45, 7) is 1.70. The van der Waals surface area contributed by atoms with E-state index in [9.17, 15) is 18.4 Å². The number of hydrogen-bond acceptors (Lipinski definition) is 3. The lowest BCUT2D eigenvalue weighted by molar-refractivity contribution is 0.0524. The van der Waals surface area contributed by atoms with E-state index in [2.05, 4.69) is 0 Å². The van der Waals surface area contributed by atoms with Crippen molar-refractivity contribution in [1.82, 2.24) is 4.57 Å². The zero-order chi connectivity index (χ0) is 14.2. The third kappa shape index (κ3) is 2.21. The number of rotatable bonds is 2. The number of halogens is 2. The number of esters is 1. The fourth-order valence-electron chi connectivity index (χ4n) is 1.87. The molecule has 0 aliphatic carbocycles. The Morgan fingerprint density at radius 3 is 2.68 bits per heavy atom. The van der Waals surface area contributed by atoms with Crippen LogP contribution in [0.1, 0.15) is 17.3 Å². The maximum absolute atomic E-state index is 13.7. The molecule has 0 bridgehead atoms. The zero-order valence-electron chi connectivity index (χ0n) is 10.4. The lowest BCUT2D eigenvalue weighted by Gasteiger charge is -2.09. The summed E-state index contributed by atoms with van der Waals surface area (Å²) in [6.07, 6.45) is 1.21. The van der Waals surface area contributed by atoms with Crippen molar-refractivity contribution in [2.45, 2.75) is 6.92 Å². The van der Waals surface area contributed by atoms with Crippen LogP contribution >= 0.6 is 0 Å². The monoisotopic (exact) mass is 267 g/mol. The largest absolute Gasteiger partial charge is 0.462 e. The molecule has 0 radical (unpaired) electrons. The minimum Gasteiger partial charge on any atom is -0.462 e. The summed E-state index contributed by atoms with van der Waals surface area (Å²) in [6, 6.07) is 1.65. The van der Waals surface area contributed by atoms with Gasteiger partial charge in [-0.05, 0) is 13.0 Å². The van der Waals surface area contributed by atoms with Crippen LogP contribution in [0.5, 0.6) is 0 Å². The SMILES string of the molecule is CCOC(=O)c1cn(C)c2cc(F)cc(F)c2c1=O. The number of aromatic nitrogens is 1. The lowest BCUT2D eigenvalue weighted by Crippen LogP contribution is -2.21. The van der Waals surface area contributed by atoms with Gasteiger partial charge in [-0.2, -0.15) is 0 Å². The molecule has 0 atom stereocenters. The van der Waals surface area contributed by atoms with Crippen LogP contribution in [0.15, 0.2) is 23.1 Å². The van der Waals surface area contributed by atoms with Crippen LogP contribution in [0.2, 0.25) is 0 Å². The molecule has 0 spiro atoms. The van der Waals surface area contributed by atoms with Crippen molar-refractivity contribution in [1.29, 1.82) is 0 Å². The smallest absolute Gasteiger partial charge is 0.343 e. The van der Waals surface area contributed by atoms with Gasteiger partial charge in [0, 0.05) is 19.3 Å². The molecule has 0 fully saturated rings. The van der Waals surface area contributed by atoms with Gasteiger partial charge >= 0.3 is 5.97 Å². The van der Waals surface area contributed by atoms with Gasteiger partial charge in [0.2, 0.25) is 5.43 Å². The molecule has 1 aromatic carbocycles. The van der Waals surface area contributed by atoms with Crippen molar-refractivity contribution in [3.63, 3.8) is 0 Å². The van der Waals surface area contributed by atoms with E-state index in [-0.39, 0.29) is 23.1 Å². The second-order valence-electron chi connectivity index (χ2n) is 3.99. The van der Waals surface area contributed by atoms with Gasteiger partial charge in [-0.1, -0.05) is 0 Å². The number of carbonyl (C=O) groups is 1. The summed E-state index contributed by atoms with van der Waals surface area (Å²) in [4.78, 5) is 23.7. The van der Waals surface area contributed by atoms with E-state index in [1.54, 1.807) is 6.92 Å². The van der Waals surface area contributed by atoms with Crippen LogP contribution in [0.25, 0.3) is 10.9 Å². The maximum Gasteiger partial charge on any atom is 0.343 e. The number of carbonyl (C=O) groups excluding carboxylic acids is 1. The Morgan fingerprint density at radius 2 is 2.05 bits per heavy atom. The van der Waals surface area contributed by atoms with E-state index in [1.807, 2.05) is 0 Å². The highest BCUT2D eigenvalue weighted by Crippen LogP contribution is 2.17. The minimum atomic E-state index is -0.998. The molecule has 100 valence electrons. The van der Waals surface area contributed by atoms with Crippen molar-refractivity contribution in [3.05, 3.63) is 45.8 Å². The highest BCUT2D eigenvalue weighted by molar-refractivity contribution is 5.93. The zero-order valence-corrected chi connectivity index (χ0v) is 10.4. The van der Waals surface area contributed by atoms with Crippen LogP contribution in [0, 0.1) is 11.6 Å². The van der Waals surface area contributed by atoms with E-state index < -0.39 is 23.0 Å². The number of fused-ring (bicyclic) bond motifs is 1. The standard InChI is InChI=1S/C13H11F2NO3/c1-3-19-13(18)8-6-16(2)10-5-7(14)4-9(15)11(10)12(8)17/h4-6H,3H2,1-2H3. The minimum absolute atomic E-state index is 0.0792. The molecule has 0 saturated heterocycles. The Kier molecular flexibility index (Phi) is 3.33. The van der Waals surface area contributed by atoms with Gasteiger partial charge in [-0.15, -0.1) is 0 Å². The topological polar surface area (TPSA) is 48.3 Å². The molecule has 2 rings (SSSR count). The van der Waals surface area contributed by atoms with Gasteiger partial charge in [-0.3, -0.25) is 4.79 Å². The molecule has 1 aromatic heterocycles. The van der Waals surface area contributed by atoms with Crippen LogP contribution in [-0.4, -0.2) is 17.1 Å². The first-order valence-corrected chi connectivity index (χ1v) is 5.61. The molecule has 0 amide bonds. The summed E-state index contributed by atoms with van der Waals surface area (Å²) in [5, 5.41) is -0.325. The quantitative estimate of drug-likeness (QED) is 0.782. The fraction of sp³-hybridized carbons (Fsp3) is 0.231. The predicted octanol–water partition coefficient (Wildman–Crippen LogP) is 1.99. The highest BCUT2D eigenvalue weighted by Gasteiger charge is 2.18. The summed E-state index contributed by atoms with van der Waals surface area (Å²) in [7, 11) is 1.49. The number of nitrogens with zero attached hydrogens (tertiary/aromatic N) is 1. The molecule has 0 unspecified atom stereocenters. The van der Waals surface area contributed by atoms with Crippen molar-refractivity contribution in [3.8, 4) is 0 Å². The van der Waals surface area contributed by atoms with E-state index in [0.717, 1.165) is 6.07 Å². The number of hydrogen-bond donors (Lipinski definition) is 0. The fourth-order valence-corrected chi connectivity index (χ4v) is 1.87. The number of benzene rings is 1. The van der Waals surface area contributed by atoms with Crippen molar-refractivity contribution >= 4 is 16.9 Å². The average molecular weight is 267 g/mol. The Labute approximate surface area is 107 Å². The van der Waals surface area contributed by atoms with Gasteiger partial charge < -0.3 is 9.30 Å². The molecule has 2 aromatic rings. The van der Waals surface area contributed by atoms with E-state index in [4.69, 9.17) is 4.74 Å². The summed E-state index contributed by atoms with van der Waals surface area (Å²) in [5.74, 6) is -2.61. The van der Waals surface area contributed by atoms with Crippen LogP contribution < -0.4 is 5.43 Å². The molecular formula is C13H11F2NO3. The van der Waals surface area contributed by atoms with Gasteiger partial charge in [0.15, 0.2) is 0 Å². The average Bonchev–Trinajstić information content (AvgIpc) is 2.33. The molecule has 0 N–H and O–H groups in total. The number of ether oxygens (including phenoxy) is 1. The van der Waals surface area contributed by atoms with Crippen LogP contribution in [-0.2, 0) is 11.8 Å². The predicted molar refractivity (Wildman–Crippen MR) is 65.1 cm³/mol. The Balaban J connectivity index is 2.83. The lowest BCUT2D eigenvalue weighted by atomic mass is 10.1. The molecule has 4 nitrogen and oxygen atoms in total. The van der Waals surface area contributed by atoms with E-state index >= 15 is 0 Å². The third-order valence-corrected chi connectivity index (χ3v) is 2.70.